The number of unbranched alkanes of at least 4 members (excludes halogenated alkanes) is 1. The van der Waals surface area contributed by atoms with Crippen LogP contribution in [0.1, 0.15) is 39.0 Å². The van der Waals surface area contributed by atoms with Crippen molar-refractivity contribution in [3.63, 3.8) is 0 Å². The highest BCUT2D eigenvalue weighted by molar-refractivity contribution is 5.82. The van der Waals surface area contributed by atoms with Gasteiger partial charge in [-0.1, -0.05) is 31.9 Å². The molecule has 0 unspecified atom stereocenters. The van der Waals surface area contributed by atoms with Crippen LogP contribution in [0, 0.1) is 17.3 Å². The van der Waals surface area contributed by atoms with Crippen molar-refractivity contribution in [2.75, 3.05) is 0 Å². The van der Waals surface area contributed by atoms with Crippen LogP contribution >= 0.6 is 0 Å². The van der Waals surface area contributed by atoms with Crippen molar-refractivity contribution < 1.29 is 4.79 Å². The van der Waals surface area contributed by atoms with Gasteiger partial charge in [0.15, 0.2) is 0 Å². The minimum absolute atomic E-state index is 0.0669. The van der Waals surface area contributed by atoms with E-state index in [1.165, 1.54) is 0 Å². The summed E-state index contributed by atoms with van der Waals surface area (Å²) in [5.74, 6) is 1.00. The topological polar surface area (TPSA) is 43.1 Å². The number of hydrogen-bond donors (Lipinski definition) is 1. The molecule has 0 spiro atoms. The molecule has 0 aromatic heterocycles. The molecule has 14 heavy (non-hydrogen) atoms. The van der Waals surface area contributed by atoms with E-state index >= 15 is 0 Å². The number of hydrogen-bond acceptors (Lipinski definition) is 1. The standard InChI is InChI=1S/C12H19NO/c1-2-3-6-12(11(13)14)8-9-4-5-10(12)7-9/h4-5,9-10H,2-3,6-8H2,1H3,(H2,13,14)/t9-,10+,12-/m0/s1. The Labute approximate surface area is 85.6 Å². The van der Waals surface area contributed by atoms with E-state index in [9.17, 15) is 4.79 Å². The third-order valence-electron chi connectivity index (χ3n) is 3.98. The van der Waals surface area contributed by atoms with E-state index < -0.39 is 0 Å². The fourth-order valence-electron chi connectivity index (χ4n) is 3.14. The van der Waals surface area contributed by atoms with Gasteiger partial charge in [-0.05, 0) is 31.1 Å². The summed E-state index contributed by atoms with van der Waals surface area (Å²) >= 11 is 0. The number of primary amides is 1. The Kier molecular flexibility index (Phi) is 2.38. The van der Waals surface area contributed by atoms with Crippen LogP contribution in [0.4, 0.5) is 0 Å². The van der Waals surface area contributed by atoms with Crippen LogP contribution in [0.3, 0.4) is 0 Å². The molecule has 2 N–H and O–H groups in total. The number of amides is 1. The monoisotopic (exact) mass is 193 g/mol. The van der Waals surface area contributed by atoms with E-state index in [-0.39, 0.29) is 11.3 Å². The Bertz CT molecular complexity index is 271. The average molecular weight is 193 g/mol. The number of carbonyl (C=O) groups excluding carboxylic acids is 1. The van der Waals surface area contributed by atoms with Crippen molar-refractivity contribution in [2.24, 2.45) is 23.0 Å². The minimum atomic E-state index is -0.185. The lowest BCUT2D eigenvalue weighted by molar-refractivity contribution is -0.129. The lowest BCUT2D eigenvalue weighted by Crippen LogP contribution is -2.40. The summed E-state index contributed by atoms with van der Waals surface area (Å²) < 4.78 is 0. The van der Waals surface area contributed by atoms with Gasteiger partial charge in [-0.3, -0.25) is 4.79 Å². The molecule has 1 saturated carbocycles. The third-order valence-corrected chi connectivity index (χ3v) is 3.98. The first-order valence-corrected chi connectivity index (χ1v) is 5.67. The maximum atomic E-state index is 11.6. The number of fused-ring (bicyclic) bond motifs is 2. The first-order chi connectivity index (χ1) is 6.69. The van der Waals surface area contributed by atoms with Gasteiger partial charge in [0.1, 0.15) is 0 Å². The molecule has 0 aromatic carbocycles. The highest BCUT2D eigenvalue weighted by atomic mass is 16.1. The predicted molar refractivity (Wildman–Crippen MR) is 56.5 cm³/mol. The second-order valence-electron chi connectivity index (χ2n) is 4.82. The average Bonchev–Trinajstić information content (AvgIpc) is 2.74. The smallest absolute Gasteiger partial charge is 0.224 e. The molecule has 0 aliphatic heterocycles. The van der Waals surface area contributed by atoms with E-state index in [0.717, 1.165) is 32.1 Å². The molecule has 0 saturated heterocycles. The number of rotatable bonds is 4. The molecule has 0 radical (unpaired) electrons. The summed E-state index contributed by atoms with van der Waals surface area (Å²) in [5, 5.41) is 0. The summed E-state index contributed by atoms with van der Waals surface area (Å²) in [7, 11) is 0. The first kappa shape index (κ1) is 9.75. The largest absolute Gasteiger partial charge is 0.369 e. The van der Waals surface area contributed by atoms with Gasteiger partial charge in [0, 0.05) is 0 Å². The van der Waals surface area contributed by atoms with Crippen molar-refractivity contribution in [2.45, 2.75) is 39.0 Å². The number of carbonyl (C=O) groups is 1. The molecule has 2 heteroatoms. The zero-order valence-electron chi connectivity index (χ0n) is 8.83. The summed E-state index contributed by atoms with van der Waals surface area (Å²) in [5.41, 5.74) is 5.40. The maximum absolute atomic E-state index is 11.6. The fraction of sp³-hybridized carbons (Fsp3) is 0.750. The highest BCUT2D eigenvalue weighted by Gasteiger charge is 2.51. The number of allylic oxidation sites excluding steroid dienone is 2. The van der Waals surface area contributed by atoms with E-state index in [1.54, 1.807) is 0 Å². The van der Waals surface area contributed by atoms with Gasteiger partial charge in [0.2, 0.25) is 5.91 Å². The van der Waals surface area contributed by atoms with Crippen LogP contribution in [0.15, 0.2) is 12.2 Å². The quantitative estimate of drug-likeness (QED) is 0.684. The SMILES string of the molecule is CCCC[C@]1(C(N)=O)C[C@H]2C=C[C@@H]1C2. The third kappa shape index (κ3) is 1.28. The molecular weight excluding hydrogens is 174 g/mol. The second-order valence-corrected chi connectivity index (χ2v) is 4.82. The minimum Gasteiger partial charge on any atom is -0.369 e. The molecule has 1 amide bonds. The maximum Gasteiger partial charge on any atom is 0.224 e. The lowest BCUT2D eigenvalue weighted by atomic mass is 9.71. The van der Waals surface area contributed by atoms with Gasteiger partial charge in [0.25, 0.3) is 0 Å². The van der Waals surface area contributed by atoms with Gasteiger partial charge < -0.3 is 5.73 Å². The Morgan fingerprint density at radius 2 is 2.36 bits per heavy atom. The molecule has 0 aromatic rings. The molecule has 2 bridgehead atoms. The summed E-state index contributed by atoms with van der Waals surface area (Å²) in [6.45, 7) is 2.16. The molecule has 2 aliphatic rings. The van der Waals surface area contributed by atoms with Crippen LogP contribution in [0.25, 0.3) is 0 Å². The predicted octanol–water partition coefficient (Wildman–Crippen LogP) is 2.24. The van der Waals surface area contributed by atoms with Gasteiger partial charge >= 0.3 is 0 Å². The van der Waals surface area contributed by atoms with Crippen molar-refractivity contribution in [1.29, 1.82) is 0 Å². The van der Waals surface area contributed by atoms with Gasteiger partial charge in [-0.15, -0.1) is 0 Å². The molecule has 1 fully saturated rings. The molecule has 2 nitrogen and oxygen atoms in total. The normalized spacial score (nSPS) is 39.2. The molecule has 2 aliphatic carbocycles. The summed E-state index contributed by atoms with van der Waals surface area (Å²) in [4.78, 5) is 11.6. The first-order valence-electron chi connectivity index (χ1n) is 5.67. The van der Waals surface area contributed by atoms with E-state index in [1.807, 2.05) is 0 Å². The van der Waals surface area contributed by atoms with Crippen molar-refractivity contribution in [3.8, 4) is 0 Å². The molecular formula is C12H19NO. The van der Waals surface area contributed by atoms with Crippen molar-refractivity contribution in [3.05, 3.63) is 12.2 Å². The zero-order valence-corrected chi connectivity index (χ0v) is 8.83. The van der Waals surface area contributed by atoms with Crippen LogP contribution in [-0.2, 0) is 4.79 Å². The molecule has 2 rings (SSSR count). The van der Waals surface area contributed by atoms with Crippen molar-refractivity contribution in [1.82, 2.24) is 0 Å². The van der Waals surface area contributed by atoms with Crippen LogP contribution in [-0.4, -0.2) is 5.91 Å². The van der Waals surface area contributed by atoms with Crippen molar-refractivity contribution >= 4 is 5.91 Å². The van der Waals surface area contributed by atoms with Crippen LogP contribution < -0.4 is 5.73 Å². The van der Waals surface area contributed by atoms with Gasteiger partial charge in [-0.25, -0.2) is 0 Å². The van der Waals surface area contributed by atoms with Gasteiger partial charge in [-0.2, -0.15) is 0 Å². The summed E-state index contributed by atoms with van der Waals surface area (Å²) in [6, 6.07) is 0. The van der Waals surface area contributed by atoms with E-state index in [4.69, 9.17) is 5.73 Å². The Morgan fingerprint density at radius 1 is 1.57 bits per heavy atom. The molecule has 78 valence electrons. The Balaban J connectivity index is 2.16. The van der Waals surface area contributed by atoms with E-state index in [2.05, 4.69) is 19.1 Å². The number of nitrogens with two attached hydrogens (primary N) is 1. The zero-order chi connectivity index (χ0) is 10.2. The van der Waals surface area contributed by atoms with Gasteiger partial charge in [0.05, 0.1) is 5.41 Å². The fourth-order valence-corrected chi connectivity index (χ4v) is 3.14. The molecule has 3 atom stereocenters. The summed E-state index contributed by atoms with van der Waals surface area (Å²) in [6.07, 6.45) is 9.91. The molecule has 0 heterocycles. The van der Waals surface area contributed by atoms with Crippen LogP contribution in [0.5, 0.6) is 0 Å². The van der Waals surface area contributed by atoms with Crippen LogP contribution in [0.2, 0.25) is 0 Å². The second kappa shape index (κ2) is 3.41. The lowest BCUT2D eigenvalue weighted by Gasteiger charge is -2.32. The Morgan fingerprint density at radius 3 is 2.79 bits per heavy atom. The van der Waals surface area contributed by atoms with E-state index in [0.29, 0.717) is 11.8 Å². The Hall–Kier alpha value is -0.790. The highest BCUT2D eigenvalue weighted by Crippen LogP contribution is 2.54.